The van der Waals surface area contributed by atoms with Crippen molar-refractivity contribution in [1.29, 1.82) is 0 Å². The second kappa shape index (κ2) is 37.2. The smallest absolute Gasteiger partial charge is 0.306 e. The van der Waals surface area contributed by atoms with Crippen LogP contribution in [0, 0.1) is 0 Å². The topological polar surface area (TPSA) is 94.1 Å². The van der Waals surface area contributed by atoms with Gasteiger partial charge in [-0.25, -0.2) is 0 Å². The normalized spacial score (nSPS) is 13.9. The van der Waals surface area contributed by atoms with Gasteiger partial charge in [-0.05, 0) is 38.5 Å². The Balaban J connectivity index is 4.12. The van der Waals surface area contributed by atoms with E-state index >= 15 is 0 Å². The van der Waals surface area contributed by atoms with Crippen molar-refractivity contribution in [1.82, 2.24) is 0 Å². The summed E-state index contributed by atoms with van der Waals surface area (Å²) < 4.78 is 34.5. The van der Waals surface area contributed by atoms with Gasteiger partial charge in [-0.2, -0.15) is 0 Å². The van der Waals surface area contributed by atoms with Gasteiger partial charge in [0.1, 0.15) is 19.3 Å². The van der Waals surface area contributed by atoms with Crippen LogP contribution in [0.3, 0.4) is 0 Å². The van der Waals surface area contributed by atoms with Crippen LogP contribution in [0.15, 0.2) is 12.2 Å². The first kappa shape index (κ1) is 51.2. The Morgan fingerprint density at radius 1 is 0.577 bits per heavy atom. The summed E-state index contributed by atoms with van der Waals surface area (Å²) in [7, 11) is 1.36. The van der Waals surface area contributed by atoms with E-state index in [0.29, 0.717) is 24.1 Å². The quantitative estimate of drug-likeness (QED) is 0.0201. The number of allylic oxidation sites excluding steroid dienone is 2. The molecule has 0 saturated carbocycles. The number of esters is 1. The fraction of sp³-hybridized carbons (Fsp3) is 0.930. The first-order valence-electron chi connectivity index (χ1n) is 21.9. The summed E-state index contributed by atoms with van der Waals surface area (Å²) in [5.41, 5.74) is 0. The predicted molar refractivity (Wildman–Crippen MR) is 217 cm³/mol. The maximum Gasteiger partial charge on any atom is 0.306 e. The zero-order chi connectivity index (χ0) is 38.4. The molecule has 0 radical (unpaired) electrons. The molecule has 0 saturated heterocycles. The number of unbranched alkanes of at least 4 members (excludes halogenated alkanes) is 25. The van der Waals surface area contributed by atoms with Crippen molar-refractivity contribution in [2.45, 2.75) is 206 Å². The van der Waals surface area contributed by atoms with Crippen LogP contribution in [0.5, 0.6) is 0 Å². The molecular weight excluding hydrogens is 673 g/mol. The number of likely N-dealkylation sites (N-methyl/N-ethyl adjacent to an activating group) is 1. The summed E-state index contributed by atoms with van der Waals surface area (Å²) in [6, 6.07) is 0. The lowest BCUT2D eigenvalue weighted by atomic mass is 10.1. The third kappa shape index (κ3) is 40.4. The van der Waals surface area contributed by atoms with Crippen molar-refractivity contribution in [2.24, 2.45) is 0 Å². The number of hydrogen-bond acceptors (Lipinski definition) is 7. The number of phosphoric acid groups is 1. The Bertz CT molecular complexity index is 848. The van der Waals surface area contributed by atoms with Crippen molar-refractivity contribution < 1.29 is 37.3 Å². The average Bonchev–Trinajstić information content (AvgIpc) is 3.09. The van der Waals surface area contributed by atoms with Gasteiger partial charge in [0.05, 0.1) is 34.4 Å². The van der Waals surface area contributed by atoms with E-state index in [1.165, 1.54) is 148 Å². The lowest BCUT2D eigenvalue weighted by Crippen LogP contribution is -2.37. The molecule has 0 aliphatic rings. The van der Waals surface area contributed by atoms with E-state index in [1.807, 2.05) is 21.1 Å². The molecule has 0 bridgehead atoms. The van der Waals surface area contributed by atoms with Gasteiger partial charge in [0.25, 0.3) is 7.82 Å². The van der Waals surface area contributed by atoms with E-state index in [4.69, 9.17) is 18.5 Å². The number of nitrogens with zero attached hydrogens (tertiary/aromatic N) is 1. The first-order chi connectivity index (χ1) is 25.1. The van der Waals surface area contributed by atoms with Crippen LogP contribution in [0.1, 0.15) is 200 Å². The van der Waals surface area contributed by atoms with Gasteiger partial charge in [-0.3, -0.25) is 9.36 Å². The maximum atomic E-state index is 12.6. The third-order valence-electron chi connectivity index (χ3n) is 9.57. The van der Waals surface area contributed by atoms with Crippen LogP contribution >= 0.6 is 7.82 Å². The van der Waals surface area contributed by atoms with Crippen LogP contribution in [0.2, 0.25) is 0 Å². The highest BCUT2D eigenvalue weighted by atomic mass is 31.2. The molecule has 8 nitrogen and oxygen atoms in total. The van der Waals surface area contributed by atoms with Gasteiger partial charge in [0.15, 0.2) is 0 Å². The first-order valence-corrected chi connectivity index (χ1v) is 23.4. The number of ether oxygens (including phenoxy) is 2. The van der Waals surface area contributed by atoms with E-state index in [0.717, 1.165) is 32.1 Å². The molecule has 0 N–H and O–H groups in total. The number of hydrogen-bond donors (Lipinski definition) is 0. The van der Waals surface area contributed by atoms with Crippen LogP contribution < -0.4 is 4.89 Å². The van der Waals surface area contributed by atoms with Gasteiger partial charge in [0.2, 0.25) is 0 Å². The summed E-state index contributed by atoms with van der Waals surface area (Å²) in [4.78, 5) is 24.9. The lowest BCUT2D eigenvalue weighted by Gasteiger charge is -2.28. The average molecular weight is 760 g/mol. The summed E-state index contributed by atoms with van der Waals surface area (Å²) >= 11 is 0. The molecule has 0 spiro atoms. The molecule has 310 valence electrons. The molecule has 0 fully saturated rings. The summed E-state index contributed by atoms with van der Waals surface area (Å²) in [6.45, 7) is 5.42. The van der Waals surface area contributed by atoms with Gasteiger partial charge in [-0.15, -0.1) is 0 Å². The molecular formula is C43H86NO7P. The third-order valence-corrected chi connectivity index (χ3v) is 10.5. The molecule has 0 aromatic carbocycles. The minimum atomic E-state index is -4.51. The van der Waals surface area contributed by atoms with Gasteiger partial charge in [0, 0.05) is 13.0 Å². The molecule has 0 aromatic rings. The predicted octanol–water partition coefficient (Wildman–Crippen LogP) is 12.0. The molecule has 0 heterocycles. The SMILES string of the molecule is CCCCCCCC/C=C\CCCCCCCCCCCCOCC(COP(=O)([O-])OCC[N+](C)(C)C)OC(=O)CCCCCCCCCCCC. The maximum absolute atomic E-state index is 12.6. The monoisotopic (exact) mass is 760 g/mol. The molecule has 52 heavy (non-hydrogen) atoms. The van der Waals surface area contributed by atoms with E-state index in [1.54, 1.807) is 0 Å². The highest BCUT2D eigenvalue weighted by Gasteiger charge is 2.20. The van der Waals surface area contributed by atoms with Gasteiger partial charge in [-0.1, -0.05) is 167 Å². The minimum Gasteiger partial charge on any atom is -0.756 e. The molecule has 0 rings (SSSR count). The molecule has 0 amide bonds. The van der Waals surface area contributed by atoms with Crippen molar-refractivity contribution in [3.05, 3.63) is 12.2 Å². The molecule has 9 heteroatoms. The summed E-state index contributed by atoms with van der Waals surface area (Å²) in [6.07, 6.45) is 39.4. The van der Waals surface area contributed by atoms with E-state index in [2.05, 4.69) is 26.0 Å². The Morgan fingerprint density at radius 3 is 1.46 bits per heavy atom. The van der Waals surface area contributed by atoms with Crippen LogP contribution in [-0.2, 0) is 27.9 Å². The number of carbonyl (C=O) groups is 1. The minimum absolute atomic E-state index is 0.0290. The highest BCUT2D eigenvalue weighted by molar-refractivity contribution is 7.45. The Morgan fingerprint density at radius 2 is 1.00 bits per heavy atom. The largest absolute Gasteiger partial charge is 0.756 e. The Labute approximate surface area is 322 Å². The van der Waals surface area contributed by atoms with Crippen molar-refractivity contribution in [3.63, 3.8) is 0 Å². The van der Waals surface area contributed by atoms with E-state index < -0.39 is 13.9 Å². The molecule has 2 unspecified atom stereocenters. The van der Waals surface area contributed by atoms with Crippen LogP contribution in [0.25, 0.3) is 0 Å². The number of quaternary nitrogens is 1. The summed E-state index contributed by atoms with van der Waals surface area (Å²) in [5, 5.41) is 0. The van der Waals surface area contributed by atoms with Crippen molar-refractivity contribution in [2.75, 3.05) is 54.1 Å². The molecule has 0 aliphatic heterocycles. The molecule has 2 atom stereocenters. The van der Waals surface area contributed by atoms with E-state index in [-0.39, 0.29) is 25.8 Å². The number of phosphoric ester groups is 1. The van der Waals surface area contributed by atoms with Crippen LogP contribution in [-0.4, -0.2) is 70.7 Å². The molecule has 0 aromatic heterocycles. The van der Waals surface area contributed by atoms with E-state index in [9.17, 15) is 14.3 Å². The Hall–Kier alpha value is -0.760. The zero-order valence-electron chi connectivity index (χ0n) is 35.0. The number of carbonyl (C=O) groups excluding carboxylic acids is 1. The molecule has 0 aliphatic carbocycles. The van der Waals surface area contributed by atoms with Crippen molar-refractivity contribution >= 4 is 13.8 Å². The lowest BCUT2D eigenvalue weighted by molar-refractivity contribution is -0.870. The fourth-order valence-electron chi connectivity index (χ4n) is 6.13. The number of rotatable bonds is 41. The summed E-state index contributed by atoms with van der Waals surface area (Å²) in [5.74, 6) is -0.334. The second-order valence-electron chi connectivity index (χ2n) is 16.1. The zero-order valence-corrected chi connectivity index (χ0v) is 35.9. The van der Waals surface area contributed by atoms with Crippen LogP contribution in [0.4, 0.5) is 0 Å². The fourth-order valence-corrected chi connectivity index (χ4v) is 6.86. The Kier molecular flexibility index (Phi) is 36.6. The highest BCUT2D eigenvalue weighted by Crippen LogP contribution is 2.38. The van der Waals surface area contributed by atoms with Gasteiger partial charge >= 0.3 is 5.97 Å². The van der Waals surface area contributed by atoms with Gasteiger partial charge < -0.3 is 27.9 Å². The van der Waals surface area contributed by atoms with Crippen molar-refractivity contribution in [3.8, 4) is 0 Å². The second-order valence-corrected chi connectivity index (χ2v) is 17.5. The standard InChI is InChI=1S/C43H86NO7P/c1-6-8-10-12-14-16-18-19-20-21-22-23-24-25-26-27-29-31-33-35-38-48-40-42(41-50-52(46,47)49-39-37-44(3,4)5)51-43(45)36-34-32-30-28-17-15-13-11-9-7-2/h19-20,42H,6-18,21-41H2,1-5H3/b20-19-.